The summed E-state index contributed by atoms with van der Waals surface area (Å²) >= 11 is 0. The van der Waals surface area contributed by atoms with Gasteiger partial charge < -0.3 is 19.5 Å². The molecule has 1 N–H and O–H groups in total. The molecule has 2 aliphatic heterocycles. The highest BCUT2D eigenvalue weighted by Gasteiger charge is 2.35. The van der Waals surface area contributed by atoms with E-state index in [1.165, 1.54) is 30.3 Å². The van der Waals surface area contributed by atoms with Crippen LogP contribution in [-0.4, -0.2) is 53.8 Å². The van der Waals surface area contributed by atoms with E-state index in [2.05, 4.69) is 5.32 Å². The normalized spacial score (nSPS) is 16.4. The zero-order chi connectivity index (χ0) is 26.6. The first-order valence-electron chi connectivity index (χ1n) is 12.5. The van der Waals surface area contributed by atoms with Crippen LogP contribution in [0.2, 0.25) is 0 Å². The lowest BCUT2D eigenvalue weighted by Crippen LogP contribution is -2.48. The average molecular weight is 541 g/mol. The van der Waals surface area contributed by atoms with Crippen molar-refractivity contribution in [2.45, 2.75) is 23.2 Å². The number of carbonyl (C=O) groups excluding carboxylic acids is 1. The predicted octanol–water partition coefficient (Wildman–Crippen LogP) is 3.66. The number of carbonyl (C=O) groups is 1. The van der Waals surface area contributed by atoms with Crippen molar-refractivity contribution >= 4 is 21.6 Å². The molecule has 200 valence electrons. The zero-order valence-electron chi connectivity index (χ0n) is 20.8. The molecule has 8 nitrogen and oxygen atoms in total. The highest BCUT2D eigenvalue weighted by Crippen LogP contribution is 2.35. The Balaban J connectivity index is 1.40. The summed E-state index contributed by atoms with van der Waals surface area (Å²) in [6, 6.07) is 19.2. The highest BCUT2D eigenvalue weighted by molar-refractivity contribution is 7.92. The summed E-state index contributed by atoms with van der Waals surface area (Å²) in [6.45, 7) is 1.67. The highest BCUT2D eigenvalue weighted by atomic mass is 32.2. The molecule has 10 heteroatoms. The molecule has 38 heavy (non-hydrogen) atoms. The third-order valence-corrected chi connectivity index (χ3v) is 8.73. The van der Waals surface area contributed by atoms with Crippen LogP contribution in [0.4, 0.5) is 10.1 Å². The van der Waals surface area contributed by atoms with Crippen molar-refractivity contribution in [2.24, 2.45) is 0 Å². The number of nitrogens with zero attached hydrogens (tertiary/aromatic N) is 1. The Bertz CT molecular complexity index is 1380. The summed E-state index contributed by atoms with van der Waals surface area (Å²) in [4.78, 5) is 13.2. The van der Waals surface area contributed by atoms with Crippen LogP contribution >= 0.6 is 0 Å². The number of sulfonamides is 1. The maximum Gasteiger partial charge on any atom is 0.264 e. The van der Waals surface area contributed by atoms with Gasteiger partial charge in [-0.3, -0.25) is 9.10 Å². The first-order valence-corrected chi connectivity index (χ1v) is 13.9. The van der Waals surface area contributed by atoms with Crippen LogP contribution in [0.15, 0.2) is 77.7 Å². The van der Waals surface area contributed by atoms with Crippen LogP contribution in [0.5, 0.6) is 11.5 Å². The molecule has 1 saturated heterocycles. The molecule has 2 heterocycles. The van der Waals surface area contributed by atoms with Crippen LogP contribution in [0.25, 0.3) is 0 Å². The molecule has 0 unspecified atom stereocenters. The van der Waals surface area contributed by atoms with Crippen molar-refractivity contribution in [3.8, 4) is 11.5 Å². The second-order valence-corrected chi connectivity index (χ2v) is 11.2. The first kappa shape index (κ1) is 26.0. The molecule has 5 rings (SSSR count). The van der Waals surface area contributed by atoms with Crippen LogP contribution in [-0.2, 0) is 25.0 Å². The average Bonchev–Trinajstić information content (AvgIpc) is 2.96. The lowest BCUT2D eigenvalue weighted by Gasteiger charge is -2.38. The fourth-order valence-corrected chi connectivity index (χ4v) is 6.25. The van der Waals surface area contributed by atoms with Crippen LogP contribution in [0, 0.1) is 5.82 Å². The molecule has 0 aliphatic carbocycles. The van der Waals surface area contributed by atoms with Gasteiger partial charge in [0, 0.05) is 31.2 Å². The molecular weight excluding hydrogens is 511 g/mol. The van der Waals surface area contributed by atoms with Crippen LogP contribution in [0.1, 0.15) is 18.4 Å². The van der Waals surface area contributed by atoms with Crippen LogP contribution in [0.3, 0.4) is 0 Å². The van der Waals surface area contributed by atoms with Crippen LogP contribution < -0.4 is 19.1 Å². The lowest BCUT2D eigenvalue weighted by atomic mass is 9.74. The summed E-state index contributed by atoms with van der Waals surface area (Å²) < 4.78 is 58.8. The summed E-state index contributed by atoms with van der Waals surface area (Å²) in [5, 5.41) is 2.96. The number of benzene rings is 3. The fraction of sp³-hybridized carbons (Fsp3) is 0.321. The molecule has 3 aromatic carbocycles. The van der Waals surface area contributed by atoms with E-state index < -0.39 is 28.3 Å². The van der Waals surface area contributed by atoms with Gasteiger partial charge in [-0.05, 0) is 54.8 Å². The summed E-state index contributed by atoms with van der Waals surface area (Å²) in [5.41, 5.74) is 0.952. The number of halogens is 1. The van der Waals surface area contributed by atoms with Gasteiger partial charge in [0.05, 0.1) is 10.6 Å². The Labute approximate surface area is 221 Å². The number of hydrogen-bond donors (Lipinski definition) is 1. The molecule has 0 spiro atoms. The molecule has 0 saturated carbocycles. The summed E-state index contributed by atoms with van der Waals surface area (Å²) in [6.07, 6.45) is 1.46. The number of ether oxygens (including phenoxy) is 3. The van der Waals surface area contributed by atoms with Gasteiger partial charge in [0.25, 0.3) is 10.0 Å². The van der Waals surface area contributed by atoms with E-state index in [0.29, 0.717) is 44.5 Å². The number of amides is 1. The molecular formula is C28H29FN2O6S. The van der Waals surface area contributed by atoms with Gasteiger partial charge in [0.2, 0.25) is 5.91 Å². The Morgan fingerprint density at radius 2 is 1.58 bits per heavy atom. The maximum atomic E-state index is 13.8. The number of anilines is 1. The Morgan fingerprint density at radius 3 is 2.29 bits per heavy atom. The Hall–Kier alpha value is -3.63. The Kier molecular flexibility index (Phi) is 7.53. The molecule has 1 fully saturated rings. The van der Waals surface area contributed by atoms with Gasteiger partial charge in [-0.25, -0.2) is 12.8 Å². The molecule has 0 atom stereocenters. The fourth-order valence-electron chi connectivity index (χ4n) is 4.81. The van der Waals surface area contributed by atoms with Gasteiger partial charge in [-0.1, -0.05) is 30.3 Å². The molecule has 3 aromatic rings. The topological polar surface area (TPSA) is 94.2 Å². The first-order chi connectivity index (χ1) is 18.4. The van der Waals surface area contributed by atoms with Crippen molar-refractivity contribution in [2.75, 3.05) is 43.8 Å². The summed E-state index contributed by atoms with van der Waals surface area (Å²) in [5.74, 6) is -0.231. The van der Waals surface area contributed by atoms with E-state index in [4.69, 9.17) is 14.2 Å². The van der Waals surface area contributed by atoms with E-state index in [0.717, 1.165) is 34.8 Å². The number of fused-ring (bicyclic) bond motifs is 1. The Morgan fingerprint density at radius 1 is 0.895 bits per heavy atom. The number of nitrogens with one attached hydrogen (secondary N) is 1. The van der Waals surface area contributed by atoms with Gasteiger partial charge in [-0.15, -0.1) is 0 Å². The number of rotatable bonds is 8. The third-order valence-electron chi connectivity index (χ3n) is 6.96. The summed E-state index contributed by atoms with van der Waals surface area (Å²) in [7, 11) is -4.21. The van der Waals surface area contributed by atoms with Gasteiger partial charge in [0.15, 0.2) is 11.5 Å². The van der Waals surface area contributed by atoms with Crippen molar-refractivity contribution in [1.82, 2.24) is 5.32 Å². The van der Waals surface area contributed by atoms with Crippen molar-refractivity contribution in [1.29, 1.82) is 0 Å². The number of hydrogen-bond acceptors (Lipinski definition) is 6. The van der Waals surface area contributed by atoms with Crippen molar-refractivity contribution in [3.63, 3.8) is 0 Å². The quantitative estimate of drug-likeness (QED) is 0.469. The van der Waals surface area contributed by atoms with Gasteiger partial charge >= 0.3 is 0 Å². The van der Waals surface area contributed by atoms with E-state index in [-0.39, 0.29) is 16.0 Å². The minimum atomic E-state index is -4.21. The van der Waals surface area contributed by atoms with E-state index in [9.17, 15) is 17.6 Å². The predicted molar refractivity (Wildman–Crippen MR) is 140 cm³/mol. The van der Waals surface area contributed by atoms with Gasteiger partial charge in [0.1, 0.15) is 25.6 Å². The molecule has 0 aromatic heterocycles. The minimum absolute atomic E-state index is 0.0657. The molecule has 1 amide bonds. The molecule has 0 radical (unpaired) electrons. The maximum absolute atomic E-state index is 13.8. The van der Waals surface area contributed by atoms with E-state index >= 15 is 0 Å². The largest absolute Gasteiger partial charge is 0.486 e. The zero-order valence-corrected chi connectivity index (χ0v) is 21.6. The minimum Gasteiger partial charge on any atom is -0.486 e. The third kappa shape index (κ3) is 5.46. The van der Waals surface area contributed by atoms with E-state index in [1.54, 1.807) is 0 Å². The smallest absolute Gasteiger partial charge is 0.264 e. The lowest BCUT2D eigenvalue weighted by molar-refractivity contribution is -0.120. The second-order valence-electron chi connectivity index (χ2n) is 9.33. The SMILES string of the molecule is O=C(CN(c1ccc(F)cc1)S(=O)(=O)c1ccc2c(c1)OCCO2)NCC1(c2ccccc2)CCOCC1. The standard InChI is InChI=1S/C28H29FN2O6S/c29-22-6-8-23(9-7-22)31(38(33,34)24-10-11-25-26(18-24)37-17-16-36-25)19-27(32)30-20-28(12-14-35-15-13-28)21-4-2-1-3-5-21/h1-11,18H,12-17,19-20H2,(H,30,32). The van der Waals surface area contributed by atoms with Crippen molar-refractivity contribution in [3.05, 3.63) is 84.2 Å². The van der Waals surface area contributed by atoms with Gasteiger partial charge in [-0.2, -0.15) is 0 Å². The molecule has 2 aliphatic rings. The van der Waals surface area contributed by atoms with E-state index in [1.807, 2.05) is 30.3 Å². The molecule has 0 bridgehead atoms. The van der Waals surface area contributed by atoms with Crippen molar-refractivity contribution < 1.29 is 31.8 Å². The monoisotopic (exact) mass is 540 g/mol. The second kappa shape index (κ2) is 11.0.